The number of carbonyl (C=O) groups excluding carboxylic acids is 1. The number of nitro benzene ring substituents is 1. The van der Waals surface area contributed by atoms with Gasteiger partial charge in [0, 0.05) is 74.7 Å². The Labute approximate surface area is 416 Å². The zero-order chi connectivity index (χ0) is 49.5. The molecule has 17 heteroatoms. The van der Waals surface area contributed by atoms with Crippen molar-refractivity contribution in [2.45, 2.75) is 113 Å². The number of H-pyrrole nitrogens is 1. The summed E-state index contributed by atoms with van der Waals surface area (Å²) < 4.78 is 43.0. The van der Waals surface area contributed by atoms with Gasteiger partial charge in [0.1, 0.15) is 23.7 Å². The van der Waals surface area contributed by atoms with Crippen LogP contribution in [0, 0.1) is 21.4 Å². The van der Waals surface area contributed by atoms with Gasteiger partial charge in [-0.25, -0.2) is 13.1 Å². The van der Waals surface area contributed by atoms with Crippen LogP contribution in [0.5, 0.6) is 17.4 Å². The van der Waals surface area contributed by atoms with Gasteiger partial charge in [-0.1, -0.05) is 44.5 Å². The number of piperidine rings is 1. The van der Waals surface area contributed by atoms with Gasteiger partial charge in [0.05, 0.1) is 21.0 Å². The molecule has 1 spiro atoms. The molecule has 5 heterocycles. The van der Waals surface area contributed by atoms with Crippen LogP contribution >= 0.6 is 0 Å². The molecule has 2 saturated carbocycles. The first-order valence-corrected chi connectivity index (χ1v) is 27.2. The Balaban J connectivity index is 0.874. The van der Waals surface area contributed by atoms with Gasteiger partial charge in [-0.15, -0.1) is 0 Å². The maximum absolute atomic E-state index is 14.3. The van der Waals surface area contributed by atoms with Crippen LogP contribution in [0.4, 0.5) is 17.1 Å². The first-order chi connectivity index (χ1) is 34.1. The molecule has 1 amide bonds. The average Bonchev–Trinajstić information content (AvgIpc) is 4.01. The summed E-state index contributed by atoms with van der Waals surface area (Å²) in [6, 6.07) is 22.0. The summed E-state index contributed by atoms with van der Waals surface area (Å²) in [6.07, 6.45) is 11.5. The lowest BCUT2D eigenvalue weighted by Gasteiger charge is -2.57. The molecule has 378 valence electrons. The Morgan fingerprint density at radius 1 is 0.944 bits per heavy atom. The highest BCUT2D eigenvalue weighted by molar-refractivity contribution is 7.90. The van der Waals surface area contributed by atoms with E-state index in [1.165, 1.54) is 42.5 Å². The number of aromatic nitrogens is 2. The van der Waals surface area contributed by atoms with Crippen molar-refractivity contribution in [3.05, 3.63) is 106 Å². The molecule has 3 saturated heterocycles. The Bertz CT molecular complexity index is 2860. The maximum atomic E-state index is 14.3. The number of sulfonamides is 1. The van der Waals surface area contributed by atoms with Crippen molar-refractivity contribution < 1.29 is 32.7 Å². The minimum Gasteiger partial charge on any atom is -0.474 e. The summed E-state index contributed by atoms with van der Waals surface area (Å²) in [6.45, 7) is 13.7. The second-order valence-electron chi connectivity index (χ2n) is 21.5. The number of nitrogens with zero attached hydrogens (tertiary/aromatic N) is 5. The van der Waals surface area contributed by atoms with Crippen molar-refractivity contribution in [3.63, 3.8) is 0 Å². The Hall–Kier alpha value is -5.75. The number of nitro groups is 1. The van der Waals surface area contributed by atoms with Gasteiger partial charge in [0.15, 0.2) is 5.75 Å². The molecule has 10 rings (SSSR count). The zero-order valence-corrected chi connectivity index (χ0v) is 42.0. The summed E-state index contributed by atoms with van der Waals surface area (Å²) in [4.78, 5) is 40.7. The first-order valence-electron chi connectivity index (χ1n) is 25.7. The molecule has 5 aromatic rings. The van der Waals surface area contributed by atoms with Crippen molar-refractivity contribution in [2.75, 3.05) is 69.2 Å². The number of nitrogens with one attached hydrogen (secondary N) is 3. The second-order valence-corrected chi connectivity index (χ2v) is 23.2. The summed E-state index contributed by atoms with van der Waals surface area (Å²) in [5.74, 6) is 0.893. The lowest BCUT2D eigenvalue weighted by molar-refractivity contribution is -0.384. The molecule has 2 aliphatic carbocycles. The molecule has 5 fully saturated rings. The molecule has 2 aromatic heterocycles. The summed E-state index contributed by atoms with van der Waals surface area (Å²) in [5.41, 5.74) is 3.66. The fourth-order valence-corrected chi connectivity index (χ4v) is 12.8. The first kappa shape index (κ1) is 48.9. The third-order valence-electron chi connectivity index (χ3n) is 16.2. The molecule has 16 nitrogen and oxygen atoms in total. The van der Waals surface area contributed by atoms with Gasteiger partial charge in [-0.3, -0.25) is 24.7 Å². The van der Waals surface area contributed by atoms with Crippen LogP contribution in [0.3, 0.4) is 0 Å². The van der Waals surface area contributed by atoms with Crippen molar-refractivity contribution in [2.24, 2.45) is 11.3 Å². The SMILES string of the molecule is CC(C)c1ccccc1[C@@H]1CCC[C@@H]1N1CC2(CCN(c3ccc(C(=O)NS(=O)(=O)c4ccc(NC[C@H]5CC[C@](C)(O)CC5)c([N+](=O)[O-])c4)c(Oc4cc5cc[nH]c5nc4OCCN4CCC4)c3)CC2)C1. The van der Waals surface area contributed by atoms with E-state index in [2.05, 4.69) is 67.8 Å². The van der Waals surface area contributed by atoms with Crippen LogP contribution < -0.4 is 24.4 Å². The molecule has 2 atom stereocenters. The summed E-state index contributed by atoms with van der Waals surface area (Å²) in [5, 5.41) is 26.5. The highest BCUT2D eigenvalue weighted by Crippen LogP contribution is 2.49. The molecule has 0 unspecified atom stereocenters. The number of amides is 1. The Kier molecular flexibility index (Phi) is 13.8. The molecule has 3 aromatic carbocycles. The predicted octanol–water partition coefficient (Wildman–Crippen LogP) is 9.18. The molecule has 71 heavy (non-hydrogen) atoms. The van der Waals surface area contributed by atoms with E-state index in [4.69, 9.17) is 14.5 Å². The lowest BCUT2D eigenvalue weighted by atomic mass is 9.70. The van der Waals surface area contributed by atoms with Gasteiger partial charge in [0.2, 0.25) is 0 Å². The average molecular weight is 989 g/mol. The van der Waals surface area contributed by atoms with Crippen LogP contribution in [-0.2, 0) is 10.0 Å². The van der Waals surface area contributed by atoms with Crippen LogP contribution in [0.2, 0.25) is 0 Å². The number of benzene rings is 3. The van der Waals surface area contributed by atoms with Crippen LogP contribution in [0.15, 0.2) is 83.9 Å². The summed E-state index contributed by atoms with van der Waals surface area (Å²) >= 11 is 0. The lowest BCUT2D eigenvalue weighted by Crippen LogP contribution is -2.63. The number of fused-ring (bicyclic) bond motifs is 1. The molecule has 4 N–H and O–H groups in total. The Morgan fingerprint density at radius 2 is 1.72 bits per heavy atom. The predicted molar refractivity (Wildman–Crippen MR) is 274 cm³/mol. The number of aromatic amines is 1. The largest absolute Gasteiger partial charge is 0.474 e. The minimum absolute atomic E-state index is 0.0504. The van der Waals surface area contributed by atoms with Crippen LogP contribution in [0.25, 0.3) is 11.0 Å². The smallest absolute Gasteiger partial charge is 0.293 e. The number of carbonyl (C=O) groups is 1. The standard InChI is InChI=1S/C54H68N8O8S/c1-36(2)41-8-4-5-9-42(41)43-10-6-11-46(43)61-34-54(35-61)21-26-60(27-22-54)39-12-14-44(48(31-39)70-49-30-38-18-23-55-50(38)57-52(49)69-29-28-59-24-7-25-59)51(63)58-71(67,68)40-13-15-45(47(32-40)62(65)66)56-33-37-16-19-53(3,64)20-17-37/h4-5,8-9,12-15,18,23,30-32,36-37,43,46,56,64H,6-7,10-11,16-17,19-22,24-29,33-35H2,1-3H3,(H,55,57)(H,58,63)/t37-,43-,46-,53-/m0/s1. The second kappa shape index (κ2) is 20.0. The summed E-state index contributed by atoms with van der Waals surface area (Å²) in [7, 11) is -4.62. The van der Waals surface area contributed by atoms with E-state index in [1.807, 2.05) is 19.1 Å². The van der Waals surface area contributed by atoms with E-state index in [1.54, 1.807) is 24.4 Å². The number of hydrogen-bond acceptors (Lipinski definition) is 13. The van der Waals surface area contributed by atoms with Gasteiger partial charge >= 0.3 is 0 Å². The topological polar surface area (TPSA) is 195 Å². The molecule has 0 bridgehead atoms. The fraction of sp³-hybridized carbons (Fsp3) is 0.519. The highest BCUT2D eigenvalue weighted by Gasteiger charge is 2.49. The monoisotopic (exact) mass is 988 g/mol. The third-order valence-corrected chi connectivity index (χ3v) is 17.5. The number of pyridine rings is 1. The van der Waals surface area contributed by atoms with E-state index in [9.17, 15) is 28.4 Å². The van der Waals surface area contributed by atoms with E-state index in [0.717, 1.165) is 88.5 Å². The number of ether oxygens (including phenoxy) is 2. The van der Waals surface area contributed by atoms with Gasteiger partial charge in [-0.2, -0.15) is 4.98 Å². The normalized spacial score (nSPS) is 23.6. The van der Waals surface area contributed by atoms with Crippen molar-refractivity contribution >= 4 is 44.0 Å². The van der Waals surface area contributed by atoms with Crippen molar-refractivity contribution in [3.8, 4) is 17.4 Å². The molecular formula is C54H68N8O8S. The molecule has 3 aliphatic heterocycles. The van der Waals surface area contributed by atoms with Crippen molar-refractivity contribution in [1.82, 2.24) is 24.5 Å². The van der Waals surface area contributed by atoms with Crippen LogP contribution in [0.1, 0.15) is 118 Å². The minimum atomic E-state index is -4.62. The molecule has 0 radical (unpaired) electrons. The van der Waals surface area contributed by atoms with E-state index in [0.29, 0.717) is 56.1 Å². The van der Waals surface area contributed by atoms with Gasteiger partial charge in [-0.05, 0) is 148 Å². The number of anilines is 2. The maximum Gasteiger partial charge on any atom is 0.293 e. The highest BCUT2D eigenvalue weighted by atomic mass is 32.2. The molecule has 5 aliphatic rings. The number of hydrogen-bond donors (Lipinski definition) is 4. The number of aliphatic hydroxyl groups is 1. The quantitative estimate of drug-likeness (QED) is 0.0509. The van der Waals surface area contributed by atoms with Crippen molar-refractivity contribution in [1.29, 1.82) is 0 Å². The van der Waals surface area contributed by atoms with E-state index in [-0.39, 0.29) is 40.0 Å². The van der Waals surface area contributed by atoms with Gasteiger partial charge < -0.3 is 29.8 Å². The third kappa shape index (κ3) is 10.6. The van der Waals surface area contributed by atoms with Gasteiger partial charge in [0.25, 0.3) is 27.5 Å². The van der Waals surface area contributed by atoms with E-state index >= 15 is 0 Å². The number of likely N-dealkylation sites (tertiary alicyclic amines) is 2. The fourth-order valence-electron chi connectivity index (χ4n) is 11.8. The van der Waals surface area contributed by atoms with Crippen LogP contribution in [-0.4, -0.2) is 115 Å². The zero-order valence-electron chi connectivity index (χ0n) is 41.2. The number of rotatable bonds is 17. The van der Waals surface area contributed by atoms with E-state index < -0.39 is 37.0 Å². The molecular weight excluding hydrogens is 921 g/mol. The Morgan fingerprint density at radius 3 is 2.45 bits per heavy atom.